The summed E-state index contributed by atoms with van der Waals surface area (Å²) in [5.74, 6) is 0.444. The first-order chi connectivity index (χ1) is 8.08. The van der Waals surface area contributed by atoms with Crippen LogP contribution in [0.1, 0.15) is 31.3 Å². The molecule has 2 N–H and O–H groups in total. The number of carbonyl (C=O) groups is 1. The van der Waals surface area contributed by atoms with Crippen molar-refractivity contribution < 1.29 is 4.79 Å². The molecular weight excluding hydrogens is 234 g/mol. The number of hydrogen-bond donors (Lipinski definition) is 2. The van der Waals surface area contributed by atoms with E-state index >= 15 is 0 Å². The molecule has 94 valence electrons. The predicted molar refractivity (Wildman–Crippen MR) is 70.2 cm³/mol. The van der Waals surface area contributed by atoms with Crippen molar-refractivity contribution in [1.29, 1.82) is 0 Å². The number of nitrogens with one attached hydrogen (secondary N) is 2. The van der Waals surface area contributed by atoms with E-state index in [1.807, 2.05) is 6.92 Å². The van der Waals surface area contributed by atoms with Crippen LogP contribution in [0.3, 0.4) is 0 Å². The third kappa shape index (κ3) is 2.84. The molecule has 2 heterocycles. The van der Waals surface area contributed by atoms with E-state index in [9.17, 15) is 4.79 Å². The van der Waals surface area contributed by atoms with Gasteiger partial charge in [-0.2, -0.15) is 0 Å². The second-order valence-corrected chi connectivity index (χ2v) is 5.92. The number of thiazole rings is 1. The highest BCUT2D eigenvalue weighted by molar-refractivity contribution is 7.15. The van der Waals surface area contributed by atoms with Crippen molar-refractivity contribution in [1.82, 2.24) is 10.3 Å². The maximum Gasteiger partial charge on any atom is 0.229 e. The number of aromatic nitrogens is 1. The van der Waals surface area contributed by atoms with Gasteiger partial charge in [0.2, 0.25) is 5.91 Å². The lowest BCUT2D eigenvalue weighted by Gasteiger charge is -2.13. The smallest absolute Gasteiger partial charge is 0.229 e. The first-order valence-corrected chi connectivity index (χ1v) is 6.89. The molecule has 1 aliphatic heterocycles. The van der Waals surface area contributed by atoms with Crippen molar-refractivity contribution in [2.45, 2.75) is 33.7 Å². The van der Waals surface area contributed by atoms with Gasteiger partial charge < -0.3 is 10.6 Å². The molecule has 0 bridgehead atoms. The van der Waals surface area contributed by atoms with Crippen molar-refractivity contribution in [3.05, 3.63) is 10.6 Å². The predicted octanol–water partition coefficient (Wildman–Crippen LogP) is 2.02. The number of amides is 1. The molecule has 1 aromatic heterocycles. The van der Waals surface area contributed by atoms with Gasteiger partial charge >= 0.3 is 0 Å². The van der Waals surface area contributed by atoms with Crippen LogP contribution in [-0.2, 0) is 17.8 Å². The molecule has 1 aromatic rings. The summed E-state index contributed by atoms with van der Waals surface area (Å²) < 4.78 is 0. The number of carbonyl (C=O) groups excluding carboxylic acids is 1. The van der Waals surface area contributed by atoms with E-state index in [1.165, 1.54) is 4.88 Å². The summed E-state index contributed by atoms with van der Waals surface area (Å²) in [6, 6.07) is 0. The van der Waals surface area contributed by atoms with E-state index in [-0.39, 0.29) is 11.8 Å². The molecule has 0 radical (unpaired) electrons. The Balaban J connectivity index is 2.04. The van der Waals surface area contributed by atoms with Crippen molar-refractivity contribution >= 4 is 22.4 Å². The number of nitrogens with zero attached hydrogens (tertiary/aromatic N) is 1. The van der Waals surface area contributed by atoms with Gasteiger partial charge in [-0.3, -0.25) is 4.79 Å². The van der Waals surface area contributed by atoms with Crippen LogP contribution in [0, 0.1) is 11.8 Å². The highest BCUT2D eigenvalue weighted by Crippen LogP contribution is 2.26. The second kappa shape index (κ2) is 5.14. The summed E-state index contributed by atoms with van der Waals surface area (Å²) in [5, 5.41) is 6.97. The van der Waals surface area contributed by atoms with Crippen LogP contribution in [0.2, 0.25) is 0 Å². The van der Waals surface area contributed by atoms with Crippen LogP contribution < -0.4 is 10.6 Å². The minimum Gasteiger partial charge on any atom is -0.311 e. The monoisotopic (exact) mass is 253 g/mol. The average molecular weight is 253 g/mol. The molecule has 0 aromatic carbocycles. The number of hydrogen-bond acceptors (Lipinski definition) is 4. The first-order valence-electron chi connectivity index (χ1n) is 6.08. The lowest BCUT2D eigenvalue weighted by Crippen LogP contribution is -2.24. The normalized spacial score (nSPS) is 16.7. The van der Waals surface area contributed by atoms with Gasteiger partial charge in [-0.05, 0) is 5.92 Å². The molecule has 2 rings (SSSR count). The van der Waals surface area contributed by atoms with Gasteiger partial charge in [0.1, 0.15) is 0 Å². The summed E-state index contributed by atoms with van der Waals surface area (Å²) in [6.07, 6.45) is 0.960. The molecule has 1 unspecified atom stereocenters. The van der Waals surface area contributed by atoms with E-state index in [0.29, 0.717) is 5.92 Å². The number of anilines is 1. The quantitative estimate of drug-likeness (QED) is 0.866. The molecule has 5 heteroatoms. The van der Waals surface area contributed by atoms with Crippen LogP contribution in [-0.4, -0.2) is 17.4 Å². The maximum absolute atomic E-state index is 11.9. The molecule has 17 heavy (non-hydrogen) atoms. The van der Waals surface area contributed by atoms with Crippen LogP contribution in [0.15, 0.2) is 0 Å². The van der Waals surface area contributed by atoms with Gasteiger partial charge in [0.05, 0.1) is 5.69 Å². The fourth-order valence-corrected chi connectivity index (χ4v) is 2.68. The van der Waals surface area contributed by atoms with Crippen LogP contribution in [0.25, 0.3) is 0 Å². The average Bonchev–Trinajstić information content (AvgIpc) is 2.69. The first kappa shape index (κ1) is 12.5. The molecule has 0 saturated heterocycles. The zero-order chi connectivity index (χ0) is 12.4. The second-order valence-electron chi connectivity index (χ2n) is 4.84. The zero-order valence-electron chi connectivity index (χ0n) is 10.5. The van der Waals surface area contributed by atoms with Gasteiger partial charge in [-0.15, -0.1) is 11.3 Å². The Morgan fingerprint density at radius 2 is 2.24 bits per heavy atom. The highest BCUT2D eigenvalue weighted by Gasteiger charge is 2.20. The topological polar surface area (TPSA) is 54.0 Å². The summed E-state index contributed by atoms with van der Waals surface area (Å²) in [4.78, 5) is 17.6. The third-order valence-electron chi connectivity index (χ3n) is 3.25. The molecule has 1 atom stereocenters. The minimum absolute atomic E-state index is 0.0223. The summed E-state index contributed by atoms with van der Waals surface area (Å²) in [5.41, 5.74) is 1.14. The third-order valence-corrected chi connectivity index (χ3v) is 4.26. The van der Waals surface area contributed by atoms with Crippen molar-refractivity contribution in [2.75, 3.05) is 11.9 Å². The van der Waals surface area contributed by atoms with E-state index in [1.54, 1.807) is 11.3 Å². The van der Waals surface area contributed by atoms with E-state index in [0.717, 1.165) is 30.3 Å². The lowest BCUT2D eigenvalue weighted by atomic mass is 9.97. The Labute approximate surface area is 106 Å². The Morgan fingerprint density at radius 3 is 2.88 bits per heavy atom. The highest BCUT2D eigenvalue weighted by atomic mass is 32.1. The van der Waals surface area contributed by atoms with Gasteiger partial charge in [0.25, 0.3) is 0 Å². The van der Waals surface area contributed by atoms with Crippen LogP contribution >= 0.6 is 11.3 Å². The minimum atomic E-state index is 0.0223. The fraction of sp³-hybridized carbons (Fsp3) is 0.667. The standard InChI is InChI=1S/C12H19N3OS/c1-7(2)8(3)11(16)15-12-14-9-4-5-13-6-10(9)17-12/h7-8,13H,4-6H2,1-3H3,(H,14,15,16). The van der Waals surface area contributed by atoms with E-state index < -0.39 is 0 Å². The zero-order valence-corrected chi connectivity index (χ0v) is 11.4. The molecule has 0 aliphatic carbocycles. The van der Waals surface area contributed by atoms with Crippen LogP contribution in [0.4, 0.5) is 5.13 Å². The SMILES string of the molecule is CC(C)C(C)C(=O)Nc1nc2c(s1)CNCC2. The van der Waals surface area contributed by atoms with Crippen LogP contribution in [0.5, 0.6) is 0 Å². The van der Waals surface area contributed by atoms with Gasteiger partial charge in [-0.25, -0.2) is 4.98 Å². The summed E-state index contributed by atoms with van der Waals surface area (Å²) in [6.45, 7) is 7.92. The van der Waals surface area contributed by atoms with Crippen molar-refractivity contribution in [3.8, 4) is 0 Å². The molecule has 4 nitrogen and oxygen atoms in total. The summed E-state index contributed by atoms with van der Waals surface area (Å²) >= 11 is 1.59. The van der Waals surface area contributed by atoms with Crippen molar-refractivity contribution in [2.24, 2.45) is 11.8 Å². The maximum atomic E-state index is 11.9. The van der Waals surface area contributed by atoms with Crippen molar-refractivity contribution in [3.63, 3.8) is 0 Å². The van der Waals surface area contributed by atoms with Gasteiger partial charge in [-0.1, -0.05) is 20.8 Å². The molecule has 1 aliphatic rings. The molecule has 1 amide bonds. The van der Waals surface area contributed by atoms with Gasteiger partial charge in [0.15, 0.2) is 5.13 Å². The van der Waals surface area contributed by atoms with Gasteiger partial charge in [0, 0.05) is 30.3 Å². The number of fused-ring (bicyclic) bond motifs is 1. The van der Waals surface area contributed by atoms with E-state index in [2.05, 4.69) is 29.5 Å². The Bertz CT molecular complexity index is 390. The molecule has 0 fully saturated rings. The fourth-order valence-electron chi connectivity index (χ4n) is 1.70. The molecule has 0 spiro atoms. The lowest BCUT2D eigenvalue weighted by molar-refractivity contribution is -0.120. The summed E-state index contributed by atoms with van der Waals surface area (Å²) in [7, 11) is 0. The molecular formula is C12H19N3OS. The Morgan fingerprint density at radius 1 is 1.47 bits per heavy atom. The Hall–Kier alpha value is -0.940. The van der Waals surface area contributed by atoms with E-state index in [4.69, 9.17) is 0 Å². The molecule has 0 saturated carbocycles. The Kier molecular flexibility index (Phi) is 3.79. The number of rotatable bonds is 3. The largest absolute Gasteiger partial charge is 0.311 e.